The van der Waals surface area contributed by atoms with E-state index in [9.17, 15) is 14.7 Å². The van der Waals surface area contributed by atoms with E-state index in [1.54, 1.807) is 23.1 Å². The summed E-state index contributed by atoms with van der Waals surface area (Å²) in [7, 11) is 0. The van der Waals surface area contributed by atoms with Crippen LogP contribution in [0.25, 0.3) is 0 Å². The van der Waals surface area contributed by atoms with Gasteiger partial charge in [0.15, 0.2) is 5.71 Å². The van der Waals surface area contributed by atoms with Gasteiger partial charge in [0.05, 0.1) is 17.9 Å². The maximum absolute atomic E-state index is 12.5. The predicted octanol–water partition coefficient (Wildman–Crippen LogP) is 1.41. The number of carboxylic acid groups (broad SMARTS) is 1. The van der Waals surface area contributed by atoms with E-state index in [0.717, 1.165) is 11.3 Å². The summed E-state index contributed by atoms with van der Waals surface area (Å²) in [4.78, 5) is 24.8. The molecule has 0 atom stereocenters. The molecule has 1 aliphatic rings. The standard InChI is InChI=1S/C19H15N3O3/c1-2-11-22-16-6-4-3-5-15(16)17(18(22)23)21-20-12-13-7-9-14(10-8-13)19(24)25/h2-10,12H,1,11H2,(H,24,25)/p-1/b20-12-,21-17-. The van der Waals surface area contributed by atoms with Crippen LogP contribution in [0.15, 0.2) is 71.4 Å². The molecule has 2 aromatic carbocycles. The summed E-state index contributed by atoms with van der Waals surface area (Å²) < 4.78 is 0. The number of nitrogens with zero attached hydrogens (tertiary/aromatic N) is 3. The summed E-state index contributed by atoms with van der Waals surface area (Å²) in [6.45, 7) is 4.06. The Morgan fingerprint density at radius 2 is 1.88 bits per heavy atom. The van der Waals surface area contributed by atoms with Crippen molar-refractivity contribution in [2.75, 3.05) is 11.4 Å². The summed E-state index contributed by atoms with van der Waals surface area (Å²) in [5.74, 6) is -1.47. The van der Waals surface area contributed by atoms with E-state index in [1.807, 2.05) is 24.3 Å². The monoisotopic (exact) mass is 332 g/mol. The summed E-state index contributed by atoms with van der Waals surface area (Å²) in [6, 6.07) is 13.4. The van der Waals surface area contributed by atoms with E-state index in [4.69, 9.17) is 0 Å². The highest BCUT2D eigenvalue weighted by atomic mass is 16.4. The van der Waals surface area contributed by atoms with Crippen LogP contribution in [-0.2, 0) is 4.79 Å². The van der Waals surface area contributed by atoms with Gasteiger partial charge >= 0.3 is 0 Å². The average Bonchev–Trinajstić information content (AvgIpc) is 2.88. The summed E-state index contributed by atoms with van der Waals surface area (Å²) in [5, 5.41) is 18.8. The molecule has 0 aromatic heterocycles. The lowest BCUT2D eigenvalue weighted by atomic mass is 10.1. The number of amides is 1. The Hall–Kier alpha value is -3.54. The molecule has 0 saturated carbocycles. The zero-order valence-electron chi connectivity index (χ0n) is 13.3. The van der Waals surface area contributed by atoms with Crippen LogP contribution in [0.5, 0.6) is 0 Å². The number of hydrogen-bond acceptors (Lipinski definition) is 5. The number of rotatable bonds is 5. The Labute approximate surface area is 144 Å². The van der Waals surface area contributed by atoms with Crippen molar-refractivity contribution >= 4 is 29.5 Å². The highest BCUT2D eigenvalue weighted by Crippen LogP contribution is 2.28. The van der Waals surface area contributed by atoms with Gasteiger partial charge in [0.1, 0.15) is 0 Å². The van der Waals surface area contributed by atoms with E-state index in [2.05, 4.69) is 16.8 Å². The first-order valence-electron chi connectivity index (χ1n) is 7.56. The molecule has 0 spiro atoms. The molecule has 124 valence electrons. The van der Waals surface area contributed by atoms with Gasteiger partial charge in [-0.3, -0.25) is 4.79 Å². The van der Waals surface area contributed by atoms with Crippen molar-refractivity contribution in [1.29, 1.82) is 0 Å². The SMILES string of the molecule is C=CCN1C(=O)/C(=N\N=C/c2ccc(C(=O)[O-])cc2)c2ccccc21. The van der Waals surface area contributed by atoms with Crippen LogP contribution in [-0.4, -0.2) is 30.3 Å². The number of hydrogen-bond donors (Lipinski definition) is 0. The number of carboxylic acids is 1. The van der Waals surface area contributed by atoms with Crippen LogP contribution >= 0.6 is 0 Å². The molecular formula is C19H14N3O3-. The first-order chi connectivity index (χ1) is 12.1. The molecule has 0 N–H and O–H groups in total. The van der Waals surface area contributed by atoms with E-state index in [1.165, 1.54) is 18.3 Å². The molecule has 2 aromatic rings. The number of para-hydroxylation sites is 1. The third kappa shape index (κ3) is 3.23. The first-order valence-corrected chi connectivity index (χ1v) is 7.56. The van der Waals surface area contributed by atoms with Crippen molar-refractivity contribution in [1.82, 2.24) is 0 Å². The van der Waals surface area contributed by atoms with Gasteiger partial charge in [-0.25, -0.2) is 0 Å². The minimum Gasteiger partial charge on any atom is -0.545 e. The van der Waals surface area contributed by atoms with Gasteiger partial charge in [-0.05, 0) is 17.2 Å². The predicted molar refractivity (Wildman–Crippen MR) is 93.9 cm³/mol. The minimum absolute atomic E-state index is 0.0865. The topological polar surface area (TPSA) is 85.2 Å². The zero-order chi connectivity index (χ0) is 17.8. The Balaban J connectivity index is 1.87. The van der Waals surface area contributed by atoms with Crippen LogP contribution < -0.4 is 10.0 Å². The Kier molecular flexibility index (Phi) is 4.52. The highest BCUT2D eigenvalue weighted by Gasteiger charge is 2.32. The Bertz CT molecular complexity index is 898. The molecule has 25 heavy (non-hydrogen) atoms. The molecule has 1 heterocycles. The fourth-order valence-corrected chi connectivity index (χ4v) is 2.53. The summed E-state index contributed by atoms with van der Waals surface area (Å²) >= 11 is 0. The second-order valence-electron chi connectivity index (χ2n) is 5.32. The molecule has 0 radical (unpaired) electrons. The normalized spacial score (nSPS) is 15.0. The van der Waals surface area contributed by atoms with E-state index in [-0.39, 0.29) is 17.2 Å². The molecule has 1 aliphatic heterocycles. The molecule has 6 nitrogen and oxygen atoms in total. The number of anilines is 1. The number of aromatic carboxylic acids is 1. The number of carbonyl (C=O) groups is 2. The van der Waals surface area contributed by atoms with Crippen molar-refractivity contribution in [2.45, 2.75) is 0 Å². The summed E-state index contributed by atoms with van der Waals surface area (Å²) in [6.07, 6.45) is 3.11. The maximum atomic E-state index is 12.5. The first kappa shape index (κ1) is 16.3. The van der Waals surface area contributed by atoms with Crippen LogP contribution in [0, 0.1) is 0 Å². The maximum Gasteiger partial charge on any atom is 0.279 e. The van der Waals surface area contributed by atoms with Crippen molar-refractivity contribution in [3.05, 3.63) is 77.9 Å². The van der Waals surface area contributed by atoms with Crippen LogP contribution in [0.1, 0.15) is 21.5 Å². The fraction of sp³-hybridized carbons (Fsp3) is 0.0526. The van der Waals surface area contributed by atoms with E-state index >= 15 is 0 Å². The second-order valence-corrected chi connectivity index (χ2v) is 5.32. The van der Waals surface area contributed by atoms with Crippen LogP contribution in [0.3, 0.4) is 0 Å². The molecular weight excluding hydrogens is 318 g/mol. The Morgan fingerprint density at radius 3 is 2.56 bits per heavy atom. The molecule has 1 amide bonds. The van der Waals surface area contributed by atoms with Gasteiger partial charge in [-0.2, -0.15) is 5.10 Å². The van der Waals surface area contributed by atoms with Crippen LogP contribution in [0.4, 0.5) is 5.69 Å². The smallest absolute Gasteiger partial charge is 0.279 e. The number of benzene rings is 2. The average molecular weight is 332 g/mol. The lowest BCUT2D eigenvalue weighted by molar-refractivity contribution is -0.255. The lowest BCUT2D eigenvalue weighted by Crippen LogP contribution is -2.30. The molecule has 3 rings (SSSR count). The van der Waals surface area contributed by atoms with E-state index in [0.29, 0.717) is 12.1 Å². The third-order valence-electron chi connectivity index (χ3n) is 3.72. The van der Waals surface area contributed by atoms with Crippen molar-refractivity contribution in [3.8, 4) is 0 Å². The van der Waals surface area contributed by atoms with Crippen molar-refractivity contribution in [2.24, 2.45) is 10.2 Å². The van der Waals surface area contributed by atoms with Gasteiger partial charge in [-0.15, -0.1) is 11.7 Å². The van der Waals surface area contributed by atoms with Crippen molar-refractivity contribution < 1.29 is 14.7 Å². The molecule has 0 bridgehead atoms. The minimum atomic E-state index is -1.24. The molecule has 0 unspecified atom stereocenters. The largest absolute Gasteiger partial charge is 0.545 e. The van der Waals surface area contributed by atoms with E-state index < -0.39 is 5.97 Å². The van der Waals surface area contributed by atoms with Gasteiger partial charge < -0.3 is 14.8 Å². The second kappa shape index (κ2) is 6.92. The number of carbonyl (C=O) groups excluding carboxylic acids is 2. The Morgan fingerprint density at radius 1 is 1.16 bits per heavy atom. The lowest BCUT2D eigenvalue weighted by Gasteiger charge is -2.13. The third-order valence-corrected chi connectivity index (χ3v) is 3.72. The fourth-order valence-electron chi connectivity index (χ4n) is 2.53. The molecule has 0 fully saturated rings. The highest BCUT2D eigenvalue weighted by molar-refractivity contribution is 6.54. The quantitative estimate of drug-likeness (QED) is 0.471. The van der Waals surface area contributed by atoms with Gasteiger partial charge in [-0.1, -0.05) is 48.5 Å². The summed E-state index contributed by atoms with van der Waals surface area (Å²) in [5.41, 5.74) is 2.51. The number of fused-ring (bicyclic) bond motifs is 1. The molecule has 6 heteroatoms. The molecule has 0 saturated heterocycles. The van der Waals surface area contributed by atoms with Gasteiger partial charge in [0.2, 0.25) is 0 Å². The van der Waals surface area contributed by atoms with Crippen LogP contribution in [0.2, 0.25) is 0 Å². The van der Waals surface area contributed by atoms with Gasteiger partial charge in [0.25, 0.3) is 5.91 Å². The van der Waals surface area contributed by atoms with Crippen molar-refractivity contribution in [3.63, 3.8) is 0 Å². The molecule has 0 aliphatic carbocycles. The van der Waals surface area contributed by atoms with Gasteiger partial charge in [0, 0.05) is 12.1 Å². The zero-order valence-corrected chi connectivity index (χ0v) is 13.3.